The second-order valence-electron chi connectivity index (χ2n) is 6.12. The molecule has 0 fully saturated rings. The second-order valence-corrected chi connectivity index (χ2v) is 6.12. The van der Waals surface area contributed by atoms with Gasteiger partial charge in [-0.15, -0.1) is 0 Å². The number of fused-ring (bicyclic) bond motifs is 1. The quantitative estimate of drug-likeness (QED) is 0.726. The normalized spacial score (nSPS) is 12.1. The number of hydrogen-bond donors (Lipinski definition) is 2. The summed E-state index contributed by atoms with van der Waals surface area (Å²) in [5.74, 6) is 0.427. The van der Waals surface area contributed by atoms with Gasteiger partial charge in [0.05, 0.1) is 6.10 Å². The number of nitrogens with zero attached hydrogens (tertiary/aromatic N) is 1. The number of benzene rings is 2. The van der Waals surface area contributed by atoms with Crippen molar-refractivity contribution in [1.29, 1.82) is 0 Å². The first-order valence-electron chi connectivity index (χ1n) is 8.23. The largest absolute Gasteiger partial charge is 0.484 e. The molecule has 0 unspecified atom stereocenters. The Morgan fingerprint density at radius 3 is 2.84 bits per heavy atom. The first kappa shape index (κ1) is 17.0. The summed E-state index contributed by atoms with van der Waals surface area (Å²) < 4.78 is 7.52. The second kappa shape index (κ2) is 7.40. The summed E-state index contributed by atoms with van der Waals surface area (Å²) in [6, 6.07) is 15.3. The highest BCUT2D eigenvalue weighted by molar-refractivity contribution is 5.81. The molecule has 0 saturated heterocycles. The number of amides is 1. The third kappa shape index (κ3) is 4.00. The van der Waals surface area contributed by atoms with Gasteiger partial charge in [0.1, 0.15) is 5.75 Å². The van der Waals surface area contributed by atoms with E-state index in [-0.39, 0.29) is 19.1 Å². The van der Waals surface area contributed by atoms with Crippen LogP contribution in [0.2, 0.25) is 0 Å². The fourth-order valence-electron chi connectivity index (χ4n) is 2.75. The van der Waals surface area contributed by atoms with Gasteiger partial charge < -0.3 is 19.7 Å². The number of hydrogen-bond acceptors (Lipinski definition) is 3. The molecule has 3 rings (SSSR count). The molecule has 5 heteroatoms. The lowest BCUT2D eigenvalue weighted by Gasteiger charge is -2.13. The molecule has 1 amide bonds. The first-order valence-corrected chi connectivity index (χ1v) is 8.23. The number of aromatic nitrogens is 1. The number of aliphatic hydroxyl groups excluding tert-OH is 1. The van der Waals surface area contributed by atoms with Crippen LogP contribution in [0.1, 0.15) is 17.2 Å². The van der Waals surface area contributed by atoms with Crippen molar-refractivity contribution in [3.63, 3.8) is 0 Å². The fourth-order valence-corrected chi connectivity index (χ4v) is 2.75. The van der Waals surface area contributed by atoms with E-state index in [1.165, 1.54) is 0 Å². The van der Waals surface area contributed by atoms with E-state index in [0.717, 1.165) is 22.0 Å². The Kier molecular flexibility index (Phi) is 5.05. The maximum absolute atomic E-state index is 11.9. The van der Waals surface area contributed by atoms with Crippen molar-refractivity contribution < 1.29 is 14.6 Å². The number of nitrogens with one attached hydrogen (secondary N) is 1. The monoisotopic (exact) mass is 338 g/mol. The Morgan fingerprint density at radius 1 is 1.24 bits per heavy atom. The van der Waals surface area contributed by atoms with Gasteiger partial charge in [-0.2, -0.15) is 0 Å². The van der Waals surface area contributed by atoms with Gasteiger partial charge in [0.25, 0.3) is 5.91 Å². The first-order chi connectivity index (χ1) is 12.0. The van der Waals surface area contributed by atoms with Crippen LogP contribution < -0.4 is 10.1 Å². The summed E-state index contributed by atoms with van der Waals surface area (Å²) >= 11 is 0. The predicted molar refractivity (Wildman–Crippen MR) is 97.6 cm³/mol. The number of aryl methyl sites for hydroxylation is 2. The van der Waals surface area contributed by atoms with Crippen molar-refractivity contribution in [2.45, 2.75) is 13.0 Å². The van der Waals surface area contributed by atoms with Gasteiger partial charge in [-0.1, -0.05) is 24.3 Å². The molecular formula is C20H22N2O3. The van der Waals surface area contributed by atoms with Gasteiger partial charge in [-0.05, 0) is 47.7 Å². The van der Waals surface area contributed by atoms with E-state index in [2.05, 4.69) is 5.32 Å². The van der Waals surface area contributed by atoms with E-state index in [9.17, 15) is 9.90 Å². The number of aliphatic hydroxyl groups is 1. The summed E-state index contributed by atoms with van der Waals surface area (Å²) in [6.45, 7) is 2.00. The fraction of sp³-hybridized carbons (Fsp3) is 0.250. The molecule has 2 aromatic carbocycles. The van der Waals surface area contributed by atoms with E-state index in [0.29, 0.717) is 5.75 Å². The summed E-state index contributed by atoms with van der Waals surface area (Å²) in [4.78, 5) is 11.9. The molecule has 1 aromatic heterocycles. The molecule has 0 bridgehead atoms. The Hall–Kier alpha value is -2.79. The highest BCUT2D eigenvalue weighted by Gasteiger charge is 2.11. The van der Waals surface area contributed by atoms with Gasteiger partial charge in [-0.25, -0.2) is 0 Å². The zero-order valence-corrected chi connectivity index (χ0v) is 14.4. The molecule has 25 heavy (non-hydrogen) atoms. The van der Waals surface area contributed by atoms with Gasteiger partial charge >= 0.3 is 0 Å². The zero-order chi connectivity index (χ0) is 17.8. The Balaban J connectivity index is 1.53. The minimum atomic E-state index is -0.757. The number of carbonyl (C=O) groups is 1. The van der Waals surface area contributed by atoms with Crippen LogP contribution in [0.15, 0.2) is 54.7 Å². The molecule has 130 valence electrons. The maximum atomic E-state index is 11.9. The SMILES string of the molecule is Cc1ccccc1OCC(=O)NC[C@@H](O)c1ccc2c(ccn2C)c1. The molecule has 1 heterocycles. The zero-order valence-electron chi connectivity index (χ0n) is 14.4. The molecule has 5 nitrogen and oxygen atoms in total. The van der Waals surface area contributed by atoms with E-state index < -0.39 is 6.10 Å². The standard InChI is InChI=1S/C20H22N2O3/c1-14-5-3-4-6-19(14)25-13-20(24)21-12-18(23)16-7-8-17-15(11-16)9-10-22(17)2/h3-11,18,23H,12-13H2,1-2H3,(H,21,24)/t18-/m1/s1. The van der Waals surface area contributed by atoms with Crippen molar-refractivity contribution in [2.75, 3.05) is 13.2 Å². The summed E-state index contributed by atoms with van der Waals surface area (Å²) in [6.07, 6.45) is 1.22. The highest BCUT2D eigenvalue weighted by Crippen LogP contribution is 2.21. The van der Waals surface area contributed by atoms with Crippen LogP contribution >= 0.6 is 0 Å². The van der Waals surface area contributed by atoms with Gasteiger partial charge in [-0.3, -0.25) is 4.79 Å². The van der Waals surface area contributed by atoms with Crippen molar-refractivity contribution in [3.8, 4) is 5.75 Å². The highest BCUT2D eigenvalue weighted by atomic mass is 16.5. The molecule has 0 aliphatic carbocycles. The Morgan fingerprint density at radius 2 is 2.04 bits per heavy atom. The molecule has 3 aromatic rings. The number of para-hydroxylation sites is 1. The van der Waals surface area contributed by atoms with E-state index in [4.69, 9.17) is 4.74 Å². The molecule has 1 atom stereocenters. The number of rotatable bonds is 6. The lowest BCUT2D eigenvalue weighted by Crippen LogP contribution is -2.32. The minimum absolute atomic E-state index is 0.0741. The van der Waals surface area contributed by atoms with E-state index in [1.54, 1.807) is 0 Å². The molecule has 0 radical (unpaired) electrons. The smallest absolute Gasteiger partial charge is 0.258 e. The van der Waals surface area contributed by atoms with Crippen LogP contribution in [0.5, 0.6) is 5.75 Å². The van der Waals surface area contributed by atoms with Crippen LogP contribution in [0.25, 0.3) is 10.9 Å². The predicted octanol–water partition coefficient (Wildman–Crippen LogP) is 2.72. The Bertz CT molecular complexity index is 886. The van der Waals surface area contributed by atoms with Gasteiger partial charge in [0.2, 0.25) is 0 Å². The topological polar surface area (TPSA) is 63.5 Å². The van der Waals surface area contributed by atoms with Gasteiger partial charge in [0, 0.05) is 25.3 Å². The lowest BCUT2D eigenvalue weighted by molar-refractivity contribution is -0.123. The van der Waals surface area contributed by atoms with Gasteiger partial charge in [0.15, 0.2) is 6.61 Å². The van der Waals surface area contributed by atoms with Crippen molar-refractivity contribution in [3.05, 3.63) is 65.9 Å². The van der Waals surface area contributed by atoms with Crippen LogP contribution in [0.4, 0.5) is 0 Å². The summed E-state index contributed by atoms with van der Waals surface area (Å²) in [5, 5.41) is 14.1. The average Bonchev–Trinajstić information content (AvgIpc) is 2.99. The molecule has 0 aliphatic heterocycles. The molecule has 0 spiro atoms. The van der Waals surface area contributed by atoms with Crippen LogP contribution in [0.3, 0.4) is 0 Å². The molecule has 0 aliphatic rings. The van der Waals surface area contributed by atoms with E-state index >= 15 is 0 Å². The third-order valence-corrected chi connectivity index (χ3v) is 4.24. The van der Waals surface area contributed by atoms with Crippen LogP contribution in [-0.2, 0) is 11.8 Å². The lowest BCUT2D eigenvalue weighted by atomic mass is 10.1. The van der Waals surface area contributed by atoms with E-state index in [1.807, 2.05) is 73.3 Å². The van der Waals surface area contributed by atoms with Crippen LogP contribution in [-0.4, -0.2) is 28.7 Å². The molecular weight excluding hydrogens is 316 g/mol. The Labute approximate surface area is 146 Å². The van der Waals surface area contributed by atoms with Crippen LogP contribution in [0, 0.1) is 6.92 Å². The average molecular weight is 338 g/mol. The maximum Gasteiger partial charge on any atom is 0.258 e. The molecule has 2 N–H and O–H groups in total. The van der Waals surface area contributed by atoms with Crippen molar-refractivity contribution >= 4 is 16.8 Å². The minimum Gasteiger partial charge on any atom is -0.484 e. The number of ether oxygens (including phenoxy) is 1. The third-order valence-electron chi connectivity index (χ3n) is 4.24. The summed E-state index contributed by atoms with van der Waals surface area (Å²) in [7, 11) is 1.98. The molecule has 0 saturated carbocycles. The van der Waals surface area contributed by atoms with Crippen molar-refractivity contribution in [1.82, 2.24) is 9.88 Å². The summed E-state index contributed by atoms with van der Waals surface area (Å²) in [5.41, 5.74) is 2.86. The number of carbonyl (C=O) groups excluding carboxylic acids is 1. The van der Waals surface area contributed by atoms with Crippen molar-refractivity contribution in [2.24, 2.45) is 7.05 Å².